The molecule has 0 unspecified atom stereocenters. The molecule has 144 valence electrons. The van der Waals surface area contributed by atoms with Crippen molar-refractivity contribution < 1.29 is 14.6 Å². The zero-order valence-electron chi connectivity index (χ0n) is 15.8. The van der Waals surface area contributed by atoms with Crippen LogP contribution in [0.1, 0.15) is 23.6 Å². The molecule has 0 radical (unpaired) electrons. The van der Waals surface area contributed by atoms with Crippen LogP contribution < -0.4 is 10.1 Å². The van der Waals surface area contributed by atoms with Crippen molar-refractivity contribution in [2.75, 3.05) is 11.9 Å². The molecule has 0 atom stereocenters. The van der Waals surface area contributed by atoms with Crippen LogP contribution in [0.4, 0.5) is 5.69 Å². The van der Waals surface area contributed by atoms with Gasteiger partial charge in [-0.1, -0.05) is 23.7 Å². The lowest BCUT2D eigenvalue weighted by atomic mass is 10.0. The number of benzene rings is 2. The molecule has 0 fully saturated rings. The first-order valence-electron chi connectivity index (χ1n) is 8.69. The number of anilines is 1. The summed E-state index contributed by atoms with van der Waals surface area (Å²) in [4.78, 5) is 12.6. The summed E-state index contributed by atoms with van der Waals surface area (Å²) in [7, 11) is 0. The van der Waals surface area contributed by atoms with Gasteiger partial charge in [0.1, 0.15) is 11.6 Å². The minimum Gasteiger partial charge on any atom is -0.504 e. The number of allylic oxidation sites excluding steroid dienone is 1. The van der Waals surface area contributed by atoms with Gasteiger partial charge in [-0.25, -0.2) is 0 Å². The Morgan fingerprint density at radius 1 is 1.43 bits per heavy atom. The molecule has 0 bridgehead atoms. The topological polar surface area (TPSA) is 82.4 Å². The summed E-state index contributed by atoms with van der Waals surface area (Å²) in [5.74, 6) is -0.239. The van der Waals surface area contributed by atoms with Crippen LogP contribution in [0.5, 0.6) is 11.5 Å². The normalized spacial score (nSPS) is 10.9. The lowest BCUT2D eigenvalue weighted by molar-refractivity contribution is -0.112. The van der Waals surface area contributed by atoms with Gasteiger partial charge in [0, 0.05) is 16.3 Å². The molecule has 0 aliphatic rings. The van der Waals surface area contributed by atoms with Gasteiger partial charge in [0.2, 0.25) is 0 Å². The van der Waals surface area contributed by atoms with Crippen LogP contribution in [0.15, 0.2) is 48.6 Å². The van der Waals surface area contributed by atoms with Gasteiger partial charge in [-0.3, -0.25) is 4.79 Å². The van der Waals surface area contributed by atoms with E-state index in [2.05, 4.69) is 11.9 Å². The van der Waals surface area contributed by atoms with Gasteiger partial charge in [0.05, 0.1) is 6.61 Å². The number of phenols is 1. The number of halogens is 1. The number of rotatable bonds is 7. The van der Waals surface area contributed by atoms with Crippen molar-refractivity contribution in [3.8, 4) is 17.6 Å². The Hall–Kier alpha value is -3.23. The number of nitrogens with one attached hydrogen (secondary N) is 1. The first-order chi connectivity index (χ1) is 13.4. The first-order valence-corrected chi connectivity index (χ1v) is 9.06. The molecule has 0 aliphatic heterocycles. The van der Waals surface area contributed by atoms with Crippen molar-refractivity contribution in [2.45, 2.75) is 20.3 Å². The van der Waals surface area contributed by atoms with E-state index in [-0.39, 0.29) is 17.1 Å². The monoisotopic (exact) mass is 396 g/mol. The third-order valence-corrected chi connectivity index (χ3v) is 4.44. The molecular formula is C22H21ClN2O3. The van der Waals surface area contributed by atoms with E-state index in [0.717, 1.165) is 0 Å². The van der Waals surface area contributed by atoms with Crippen LogP contribution in [0, 0.1) is 18.3 Å². The largest absolute Gasteiger partial charge is 0.504 e. The van der Waals surface area contributed by atoms with Gasteiger partial charge in [0.15, 0.2) is 11.5 Å². The number of carbonyl (C=O) groups is 1. The molecule has 0 aliphatic carbocycles. The Morgan fingerprint density at radius 3 is 2.82 bits per heavy atom. The Kier molecular flexibility index (Phi) is 7.25. The van der Waals surface area contributed by atoms with Crippen LogP contribution in [0.3, 0.4) is 0 Å². The third-order valence-electron chi connectivity index (χ3n) is 4.03. The van der Waals surface area contributed by atoms with Gasteiger partial charge in [-0.05, 0) is 61.7 Å². The van der Waals surface area contributed by atoms with E-state index in [4.69, 9.17) is 16.3 Å². The fourth-order valence-electron chi connectivity index (χ4n) is 2.60. The highest BCUT2D eigenvalue weighted by Crippen LogP contribution is 2.33. The number of amides is 1. The van der Waals surface area contributed by atoms with Crippen molar-refractivity contribution in [2.24, 2.45) is 0 Å². The van der Waals surface area contributed by atoms with Gasteiger partial charge in [-0.2, -0.15) is 5.26 Å². The molecule has 0 heterocycles. The minimum atomic E-state index is -0.552. The van der Waals surface area contributed by atoms with E-state index in [1.54, 1.807) is 50.3 Å². The van der Waals surface area contributed by atoms with Crippen LogP contribution >= 0.6 is 11.6 Å². The standard InChI is InChI=1S/C22H21ClN2O3/c1-4-7-16-10-15(12-20(21(16)26)28-5-2)11-17(13-24)22(27)25-19-9-6-8-18(23)14(19)3/h4,6,8-12,26H,1,5,7H2,2-3H3,(H,25,27)/b17-11+. The number of aromatic hydroxyl groups is 1. The maximum absolute atomic E-state index is 12.6. The molecule has 2 aromatic rings. The molecule has 5 nitrogen and oxygen atoms in total. The van der Waals surface area contributed by atoms with E-state index in [1.165, 1.54) is 6.08 Å². The predicted octanol–water partition coefficient (Wildman–Crippen LogP) is 5.03. The van der Waals surface area contributed by atoms with E-state index < -0.39 is 5.91 Å². The molecule has 0 saturated carbocycles. The van der Waals surface area contributed by atoms with Crippen LogP contribution in [-0.2, 0) is 11.2 Å². The second-order valence-electron chi connectivity index (χ2n) is 5.99. The number of phenolic OH excluding ortho intramolecular Hbond substituents is 1. The number of hydrogen-bond donors (Lipinski definition) is 2. The number of hydrogen-bond acceptors (Lipinski definition) is 4. The summed E-state index contributed by atoms with van der Waals surface area (Å²) in [5, 5.41) is 23.0. The molecule has 0 spiro atoms. The number of nitrogens with zero attached hydrogens (tertiary/aromatic N) is 1. The van der Waals surface area contributed by atoms with Crippen LogP contribution in [0.25, 0.3) is 6.08 Å². The number of ether oxygens (including phenoxy) is 1. The van der Waals surface area contributed by atoms with Gasteiger partial charge in [0.25, 0.3) is 5.91 Å². The Balaban J connectivity index is 2.40. The molecule has 0 aromatic heterocycles. The molecule has 1 amide bonds. The highest BCUT2D eigenvalue weighted by molar-refractivity contribution is 6.31. The second kappa shape index (κ2) is 9.63. The molecule has 6 heteroatoms. The predicted molar refractivity (Wildman–Crippen MR) is 112 cm³/mol. The van der Waals surface area contributed by atoms with E-state index in [1.807, 2.05) is 6.07 Å². The summed E-state index contributed by atoms with van der Waals surface area (Å²) >= 11 is 6.07. The van der Waals surface area contributed by atoms with Crippen LogP contribution in [-0.4, -0.2) is 17.6 Å². The van der Waals surface area contributed by atoms with E-state index >= 15 is 0 Å². The molecule has 2 rings (SSSR count). The summed E-state index contributed by atoms with van der Waals surface area (Å²) in [5.41, 5.74) is 2.32. The average Bonchev–Trinajstić information content (AvgIpc) is 2.67. The van der Waals surface area contributed by atoms with Crippen molar-refractivity contribution in [3.05, 3.63) is 70.3 Å². The molecule has 28 heavy (non-hydrogen) atoms. The third kappa shape index (κ3) is 4.93. The lowest BCUT2D eigenvalue weighted by Gasteiger charge is -2.12. The maximum Gasteiger partial charge on any atom is 0.266 e. The second-order valence-corrected chi connectivity index (χ2v) is 6.40. The zero-order chi connectivity index (χ0) is 20.7. The molecule has 0 saturated heterocycles. The quantitative estimate of drug-likeness (QED) is 0.390. The van der Waals surface area contributed by atoms with Crippen LogP contribution in [0.2, 0.25) is 5.02 Å². The molecule has 2 aromatic carbocycles. The smallest absolute Gasteiger partial charge is 0.266 e. The summed E-state index contributed by atoms with van der Waals surface area (Å²) < 4.78 is 5.45. The fraction of sp³-hybridized carbons (Fsp3) is 0.182. The van der Waals surface area contributed by atoms with Gasteiger partial charge >= 0.3 is 0 Å². The molecule has 2 N–H and O–H groups in total. The highest BCUT2D eigenvalue weighted by atomic mass is 35.5. The maximum atomic E-state index is 12.6. The zero-order valence-corrected chi connectivity index (χ0v) is 16.5. The summed E-state index contributed by atoms with van der Waals surface area (Å²) in [6, 6.07) is 10.3. The molecular weight excluding hydrogens is 376 g/mol. The van der Waals surface area contributed by atoms with Crippen molar-refractivity contribution >= 4 is 29.3 Å². The Morgan fingerprint density at radius 2 is 2.18 bits per heavy atom. The van der Waals surface area contributed by atoms with Crippen molar-refractivity contribution in [3.63, 3.8) is 0 Å². The fourth-order valence-corrected chi connectivity index (χ4v) is 2.77. The Labute approximate surface area is 169 Å². The first kappa shape index (κ1) is 21.1. The highest BCUT2D eigenvalue weighted by Gasteiger charge is 2.14. The van der Waals surface area contributed by atoms with Gasteiger partial charge in [-0.15, -0.1) is 6.58 Å². The Bertz CT molecular complexity index is 974. The number of nitriles is 1. The van der Waals surface area contributed by atoms with Gasteiger partial charge < -0.3 is 15.2 Å². The minimum absolute atomic E-state index is 0.0245. The van der Waals surface area contributed by atoms with E-state index in [0.29, 0.717) is 40.4 Å². The average molecular weight is 397 g/mol. The lowest BCUT2D eigenvalue weighted by Crippen LogP contribution is -2.14. The number of carbonyl (C=O) groups excluding carboxylic acids is 1. The van der Waals surface area contributed by atoms with Crippen molar-refractivity contribution in [1.82, 2.24) is 0 Å². The SMILES string of the molecule is C=CCc1cc(/C=C(\C#N)C(=O)Nc2cccc(Cl)c2C)cc(OCC)c1O. The van der Waals surface area contributed by atoms with E-state index in [9.17, 15) is 15.2 Å². The van der Waals surface area contributed by atoms with Crippen molar-refractivity contribution in [1.29, 1.82) is 5.26 Å². The summed E-state index contributed by atoms with van der Waals surface area (Å²) in [6.07, 6.45) is 3.52. The summed E-state index contributed by atoms with van der Waals surface area (Å²) in [6.45, 7) is 7.63.